The quantitative estimate of drug-likeness (QED) is 0.876. The average Bonchev–Trinajstić information content (AvgIpc) is 2.55. The molecule has 0 saturated heterocycles. The van der Waals surface area contributed by atoms with Gasteiger partial charge in [0.15, 0.2) is 5.69 Å². The highest BCUT2D eigenvalue weighted by molar-refractivity contribution is 6.02. The van der Waals surface area contributed by atoms with Crippen molar-refractivity contribution in [2.45, 2.75) is 19.3 Å². The molecule has 0 saturated carbocycles. The summed E-state index contributed by atoms with van der Waals surface area (Å²) >= 11 is 0. The first-order valence-corrected chi connectivity index (χ1v) is 6.87. The zero-order valence-corrected chi connectivity index (χ0v) is 13.0. The minimum atomic E-state index is -0.996. The Kier molecular flexibility index (Phi) is 4.59. The lowest BCUT2D eigenvalue weighted by Crippen LogP contribution is -2.28. The van der Waals surface area contributed by atoms with Crippen molar-refractivity contribution < 1.29 is 19.4 Å². The van der Waals surface area contributed by atoms with Crippen LogP contribution in [0, 0.1) is 0 Å². The summed E-state index contributed by atoms with van der Waals surface area (Å²) in [6, 6.07) is 9.68. The Morgan fingerprint density at radius 1 is 1.09 bits per heavy atom. The van der Waals surface area contributed by atoms with Crippen LogP contribution in [0.2, 0.25) is 0 Å². The molecule has 7 nitrogen and oxygen atoms in total. The molecule has 0 fully saturated rings. The number of methoxy groups -OCH3 is 1. The van der Waals surface area contributed by atoms with Gasteiger partial charge in [-0.2, -0.15) is 0 Å². The fourth-order valence-electron chi connectivity index (χ4n) is 1.84. The average molecular weight is 315 g/mol. The number of rotatable bonds is 5. The van der Waals surface area contributed by atoms with Gasteiger partial charge in [0.2, 0.25) is 5.88 Å². The van der Waals surface area contributed by atoms with E-state index in [1.807, 2.05) is 0 Å². The van der Waals surface area contributed by atoms with Gasteiger partial charge in [0.1, 0.15) is 0 Å². The molecule has 0 aliphatic carbocycles. The standard InChI is InChI=1S/C16H17N3O4/c1-16(2,15(21)22)10-4-6-11(7-5-10)17-14(20)12-8-9-13(23-3)19-18-12/h4-9H,1-3H3,(H,17,20)(H,21,22). The van der Waals surface area contributed by atoms with Gasteiger partial charge < -0.3 is 15.2 Å². The van der Waals surface area contributed by atoms with Crippen molar-refractivity contribution in [3.05, 3.63) is 47.7 Å². The van der Waals surface area contributed by atoms with Crippen LogP contribution in [0.5, 0.6) is 5.88 Å². The predicted molar refractivity (Wildman–Crippen MR) is 83.6 cm³/mol. The van der Waals surface area contributed by atoms with Crippen molar-refractivity contribution in [2.75, 3.05) is 12.4 Å². The van der Waals surface area contributed by atoms with E-state index in [0.717, 1.165) is 0 Å². The Balaban J connectivity index is 2.11. The minimum Gasteiger partial charge on any atom is -0.481 e. The molecule has 1 amide bonds. The van der Waals surface area contributed by atoms with E-state index >= 15 is 0 Å². The monoisotopic (exact) mass is 315 g/mol. The van der Waals surface area contributed by atoms with Gasteiger partial charge >= 0.3 is 5.97 Å². The fraction of sp³-hybridized carbons (Fsp3) is 0.250. The summed E-state index contributed by atoms with van der Waals surface area (Å²) in [5.41, 5.74) is 0.342. The van der Waals surface area contributed by atoms with E-state index in [1.54, 1.807) is 44.2 Å². The lowest BCUT2D eigenvalue weighted by molar-refractivity contribution is -0.142. The maximum Gasteiger partial charge on any atom is 0.313 e. The molecule has 1 heterocycles. The lowest BCUT2D eigenvalue weighted by atomic mass is 9.85. The van der Waals surface area contributed by atoms with Crippen molar-refractivity contribution in [2.24, 2.45) is 0 Å². The highest BCUT2D eigenvalue weighted by Gasteiger charge is 2.29. The fourth-order valence-corrected chi connectivity index (χ4v) is 1.84. The highest BCUT2D eigenvalue weighted by Crippen LogP contribution is 2.24. The molecular formula is C16H17N3O4. The molecule has 0 unspecified atom stereocenters. The molecule has 2 rings (SSSR count). The third-order valence-corrected chi connectivity index (χ3v) is 3.48. The molecule has 0 aliphatic heterocycles. The largest absolute Gasteiger partial charge is 0.481 e. The van der Waals surface area contributed by atoms with Crippen molar-refractivity contribution >= 4 is 17.6 Å². The van der Waals surface area contributed by atoms with Gasteiger partial charge in [-0.1, -0.05) is 12.1 Å². The van der Waals surface area contributed by atoms with Gasteiger partial charge in [0, 0.05) is 11.8 Å². The van der Waals surface area contributed by atoms with E-state index in [4.69, 9.17) is 4.74 Å². The van der Waals surface area contributed by atoms with Gasteiger partial charge in [0.25, 0.3) is 5.91 Å². The summed E-state index contributed by atoms with van der Waals surface area (Å²) in [6.07, 6.45) is 0. The molecule has 0 aliphatic rings. The number of amides is 1. The number of carboxylic acid groups (broad SMARTS) is 1. The smallest absolute Gasteiger partial charge is 0.313 e. The molecule has 7 heteroatoms. The van der Waals surface area contributed by atoms with Crippen LogP contribution >= 0.6 is 0 Å². The zero-order valence-electron chi connectivity index (χ0n) is 13.0. The predicted octanol–water partition coefficient (Wildman–Crippen LogP) is 2.10. The third kappa shape index (κ3) is 3.63. The molecule has 2 N–H and O–H groups in total. The number of benzene rings is 1. The molecular weight excluding hydrogens is 298 g/mol. The number of hydrogen-bond acceptors (Lipinski definition) is 5. The molecule has 0 bridgehead atoms. The van der Waals surface area contributed by atoms with Crippen LogP contribution in [0.3, 0.4) is 0 Å². The number of nitrogens with one attached hydrogen (secondary N) is 1. The maximum atomic E-state index is 12.1. The first-order chi connectivity index (χ1) is 10.8. The van der Waals surface area contributed by atoms with Gasteiger partial charge in [0.05, 0.1) is 12.5 Å². The van der Waals surface area contributed by atoms with Crippen molar-refractivity contribution in [3.63, 3.8) is 0 Å². The number of carbonyl (C=O) groups excluding carboxylic acids is 1. The number of anilines is 1. The van der Waals surface area contributed by atoms with Gasteiger partial charge in [-0.25, -0.2) is 0 Å². The molecule has 1 aromatic heterocycles. The van der Waals surface area contributed by atoms with Crippen LogP contribution in [0.25, 0.3) is 0 Å². The summed E-state index contributed by atoms with van der Waals surface area (Å²) in [5, 5.41) is 19.4. The second-order valence-electron chi connectivity index (χ2n) is 5.42. The van der Waals surface area contributed by atoms with Crippen LogP contribution in [0.15, 0.2) is 36.4 Å². The second kappa shape index (κ2) is 6.43. The summed E-state index contributed by atoms with van der Waals surface area (Å²) in [7, 11) is 1.46. The Labute approximate surface area is 133 Å². The van der Waals surface area contributed by atoms with E-state index in [2.05, 4.69) is 15.5 Å². The Morgan fingerprint density at radius 3 is 2.22 bits per heavy atom. The number of carbonyl (C=O) groups is 2. The Hall–Kier alpha value is -2.96. The van der Waals surface area contributed by atoms with Crippen molar-refractivity contribution in [1.29, 1.82) is 0 Å². The molecule has 120 valence electrons. The van der Waals surface area contributed by atoms with Crippen LogP contribution < -0.4 is 10.1 Å². The van der Waals surface area contributed by atoms with Gasteiger partial charge in [-0.05, 0) is 37.6 Å². The number of carboxylic acids is 1. The van der Waals surface area contributed by atoms with Crippen LogP contribution in [0.1, 0.15) is 29.9 Å². The molecule has 0 atom stereocenters. The number of ether oxygens (including phenoxy) is 1. The second-order valence-corrected chi connectivity index (χ2v) is 5.42. The zero-order chi connectivity index (χ0) is 17.0. The van der Waals surface area contributed by atoms with Crippen molar-refractivity contribution in [3.8, 4) is 5.88 Å². The Morgan fingerprint density at radius 2 is 1.74 bits per heavy atom. The molecule has 23 heavy (non-hydrogen) atoms. The normalized spacial score (nSPS) is 10.9. The Bertz CT molecular complexity index is 709. The summed E-state index contributed by atoms with van der Waals surface area (Å²) in [6.45, 7) is 3.24. The van der Waals surface area contributed by atoms with Crippen LogP contribution in [0.4, 0.5) is 5.69 Å². The lowest BCUT2D eigenvalue weighted by Gasteiger charge is -2.19. The van der Waals surface area contributed by atoms with Crippen molar-refractivity contribution in [1.82, 2.24) is 10.2 Å². The summed E-state index contributed by atoms with van der Waals surface area (Å²) in [4.78, 5) is 23.3. The highest BCUT2D eigenvalue weighted by atomic mass is 16.5. The van der Waals surface area contributed by atoms with Gasteiger partial charge in [-0.3, -0.25) is 9.59 Å². The SMILES string of the molecule is COc1ccc(C(=O)Nc2ccc(C(C)(C)C(=O)O)cc2)nn1. The van der Waals surface area contributed by atoms with E-state index < -0.39 is 17.3 Å². The maximum absolute atomic E-state index is 12.1. The minimum absolute atomic E-state index is 0.153. The van der Waals surface area contributed by atoms with E-state index in [1.165, 1.54) is 13.2 Å². The van der Waals surface area contributed by atoms with Crippen LogP contribution in [-0.2, 0) is 10.2 Å². The number of hydrogen-bond donors (Lipinski definition) is 2. The number of nitrogens with zero attached hydrogens (tertiary/aromatic N) is 2. The van der Waals surface area contributed by atoms with Crippen LogP contribution in [-0.4, -0.2) is 34.3 Å². The molecule has 0 radical (unpaired) electrons. The topological polar surface area (TPSA) is 101 Å². The van der Waals surface area contributed by atoms with E-state index in [-0.39, 0.29) is 5.69 Å². The third-order valence-electron chi connectivity index (χ3n) is 3.48. The first-order valence-electron chi connectivity index (χ1n) is 6.87. The number of aromatic nitrogens is 2. The number of aliphatic carboxylic acids is 1. The molecule has 0 spiro atoms. The van der Waals surface area contributed by atoms with E-state index in [0.29, 0.717) is 17.1 Å². The van der Waals surface area contributed by atoms with E-state index in [9.17, 15) is 14.7 Å². The molecule has 2 aromatic rings. The van der Waals surface area contributed by atoms with Gasteiger partial charge in [-0.15, -0.1) is 10.2 Å². The summed E-state index contributed by atoms with van der Waals surface area (Å²) < 4.78 is 4.88. The molecule has 1 aromatic carbocycles. The summed E-state index contributed by atoms with van der Waals surface area (Å²) in [5.74, 6) is -1.00. The first kappa shape index (κ1) is 16.4.